The molecule has 3 heterocycles. The summed E-state index contributed by atoms with van der Waals surface area (Å²) in [5, 5.41) is 1.32. The summed E-state index contributed by atoms with van der Waals surface area (Å²) in [5.74, 6) is 3.19. The number of amides is 1. The van der Waals surface area contributed by atoms with E-state index < -0.39 is 0 Å². The van der Waals surface area contributed by atoms with Crippen LogP contribution in [0.5, 0.6) is 0 Å². The van der Waals surface area contributed by atoms with E-state index in [0.717, 1.165) is 63.5 Å². The molecule has 162 valence electrons. The zero-order valence-corrected chi connectivity index (χ0v) is 19.3. The van der Waals surface area contributed by atoms with Gasteiger partial charge in [0.15, 0.2) is 0 Å². The van der Waals surface area contributed by atoms with Crippen molar-refractivity contribution < 1.29 is 4.79 Å². The molecule has 1 atom stereocenters. The van der Waals surface area contributed by atoms with Crippen molar-refractivity contribution in [3.05, 3.63) is 16.3 Å². The number of aryl methyl sites for hydroxylation is 2. The fourth-order valence-corrected chi connectivity index (χ4v) is 6.28. The van der Waals surface area contributed by atoms with Gasteiger partial charge in [-0.05, 0) is 50.5 Å². The van der Waals surface area contributed by atoms with Crippen LogP contribution in [-0.2, 0) is 17.6 Å². The van der Waals surface area contributed by atoms with Crippen LogP contribution in [0.2, 0.25) is 0 Å². The summed E-state index contributed by atoms with van der Waals surface area (Å²) in [4.78, 5) is 30.2. The molecule has 30 heavy (non-hydrogen) atoms. The van der Waals surface area contributed by atoms with E-state index in [2.05, 4.69) is 23.6 Å². The predicted molar refractivity (Wildman–Crippen MR) is 124 cm³/mol. The minimum Gasteiger partial charge on any atom is -0.352 e. The van der Waals surface area contributed by atoms with Crippen molar-refractivity contribution in [1.82, 2.24) is 14.9 Å². The number of fused-ring (bicyclic) bond motifs is 3. The zero-order valence-electron chi connectivity index (χ0n) is 18.5. The van der Waals surface area contributed by atoms with E-state index in [0.29, 0.717) is 17.7 Å². The molecule has 0 spiro atoms. The Morgan fingerprint density at radius 1 is 1.07 bits per heavy atom. The molecule has 0 aromatic carbocycles. The number of thiophene rings is 1. The molecule has 0 N–H and O–H groups in total. The quantitative estimate of drug-likeness (QED) is 0.651. The summed E-state index contributed by atoms with van der Waals surface area (Å²) >= 11 is 1.91. The molecule has 2 fully saturated rings. The summed E-state index contributed by atoms with van der Waals surface area (Å²) in [6.07, 6.45) is 10.7. The van der Waals surface area contributed by atoms with Crippen molar-refractivity contribution in [3.63, 3.8) is 0 Å². The van der Waals surface area contributed by atoms with Crippen molar-refractivity contribution in [1.29, 1.82) is 0 Å². The van der Waals surface area contributed by atoms with Gasteiger partial charge in [0, 0.05) is 42.9 Å². The van der Waals surface area contributed by atoms with Gasteiger partial charge < -0.3 is 9.80 Å². The molecule has 0 bridgehead atoms. The molecular weight excluding hydrogens is 392 g/mol. The summed E-state index contributed by atoms with van der Waals surface area (Å²) in [6.45, 7) is 7.87. The lowest BCUT2D eigenvalue weighted by atomic mass is 9.84. The normalized spacial score (nSPS) is 21.3. The maximum absolute atomic E-state index is 12.7. The fraction of sp³-hybridized carbons (Fsp3) is 0.708. The van der Waals surface area contributed by atoms with E-state index in [1.54, 1.807) is 0 Å². The molecule has 1 aliphatic heterocycles. The second-order valence-electron chi connectivity index (χ2n) is 9.40. The highest BCUT2D eigenvalue weighted by molar-refractivity contribution is 7.19. The van der Waals surface area contributed by atoms with Gasteiger partial charge in [-0.15, -0.1) is 11.3 Å². The molecule has 6 heteroatoms. The molecule has 5 nitrogen and oxygen atoms in total. The monoisotopic (exact) mass is 426 g/mol. The van der Waals surface area contributed by atoms with Gasteiger partial charge in [0.25, 0.3) is 0 Å². The predicted octanol–water partition coefficient (Wildman–Crippen LogP) is 4.92. The Hall–Kier alpha value is -1.69. The van der Waals surface area contributed by atoms with Crippen molar-refractivity contribution in [2.75, 3.05) is 31.1 Å². The van der Waals surface area contributed by atoms with Crippen LogP contribution in [0.3, 0.4) is 0 Å². The second kappa shape index (κ2) is 8.45. The van der Waals surface area contributed by atoms with Crippen molar-refractivity contribution in [3.8, 4) is 0 Å². The van der Waals surface area contributed by atoms with Gasteiger partial charge in [0.05, 0.1) is 5.39 Å². The first-order chi connectivity index (χ1) is 14.7. The summed E-state index contributed by atoms with van der Waals surface area (Å²) in [7, 11) is 0. The molecule has 2 aromatic heterocycles. The molecular formula is C24H34N4OS. The van der Waals surface area contributed by atoms with Gasteiger partial charge in [-0.1, -0.05) is 26.7 Å². The third-order valence-electron chi connectivity index (χ3n) is 7.46. The Labute approximate surface area is 183 Å². The van der Waals surface area contributed by atoms with Crippen LogP contribution in [0.25, 0.3) is 10.2 Å². The number of aromatic nitrogens is 2. The standard InChI is InChI=1S/C24H34N4OS/c1-3-16(2)21-25-22(20-18-10-5-4-6-11-19(18)30-23(20)26-21)27-12-14-28(15-13-27)24(29)17-8-7-9-17/h16-17H,3-15H2,1-2H3. The highest BCUT2D eigenvalue weighted by Gasteiger charge is 2.32. The molecule has 0 radical (unpaired) electrons. The van der Waals surface area contributed by atoms with Gasteiger partial charge in [0.2, 0.25) is 5.91 Å². The maximum Gasteiger partial charge on any atom is 0.225 e. The molecule has 1 saturated heterocycles. The molecule has 2 aromatic rings. The molecule has 2 aliphatic carbocycles. The third kappa shape index (κ3) is 3.61. The smallest absolute Gasteiger partial charge is 0.225 e. The average molecular weight is 427 g/mol. The fourth-order valence-electron chi connectivity index (χ4n) is 5.01. The van der Waals surface area contributed by atoms with Gasteiger partial charge in [-0.25, -0.2) is 9.97 Å². The first-order valence-electron chi connectivity index (χ1n) is 12.0. The van der Waals surface area contributed by atoms with E-state index in [1.165, 1.54) is 52.8 Å². The van der Waals surface area contributed by atoms with Crippen LogP contribution >= 0.6 is 11.3 Å². The second-order valence-corrected chi connectivity index (χ2v) is 10.5. The number of anilines is 1. The van der Waals surface area contributed by atoms with E-state index in [4.69, 9.17) is 9.97 Å². The zero-order chi connectivity index (χ0) is 20.7. The number of piperazine rings is 1. The third-order valence-corrected chi connectivity index (χ3v) is 8.65. The topological polar surface area (TPSA) is 49.3 Å². The van der Waals surface area contributed by atoms with Gasteiger partial charge >= 0.3 is 0 Å². The first kappa shape index (κ1) is 20.2. The van der Waals surface area contributed by atoms with Crippen LogP contribution < -0.4 is 4.90 Å². The molecule has 1 unspecified atom stereocenters. The summed E-state index contributed by atoms with van der Waals surface area (Å²) < 4.78 is 0. The Bertz CT molecular complexity index is 927. The minimum absolute atomic E-state index is 0.298. The highest BCUT2D eigenvalue weighted by Crippen LogP contribution is 2.40. The van der Waals surface area contributed by atoms with Gasteiger partial charge in [-0.3, -0.25) is 4.79 Å². The summed E-state index contributed by atoms with van der Waals surface area (Å²) in [5.41, 5.74) is 1.52. The van der Waals surface area contributed by atoms with Crippen molar-refractivity contribution in [2.24, 2.45) is 5.92 Å². The van der Waals surface area contributed by atoms with E-state index in [1.807, 2.05) is 11.3 Å². The summed E-state index contributed by atoms with van der Waals surface area (Å²) in [6, 6.07) is 0. The van der Waals surface area contributed by atoms with E-state index >= 15 is 0 Å². The van der Waals surface area contributed by atoms with Crippen LogP contribution in [0.15, 0.2) is 0 Å². The lowest BCUT2D eigenvalue weighted by molar-refractivity contribution is -0.138. The lowest BCUT2D eigenvalue weighted by Crippen LogP contribution is -2.51. The SMILES string of the molecule is CCC(C)c1nc(N2CCN(C(=O)C3CCC3)CC2)c2c3c(sc2n1)CCCCC3. The van der Waals surface area contributed by atoms with Gasteiger partial charge in [-0.2, -0.15) is 0 Å². The molecule has 1 amide bonds. The Kier molecular flexibility index (Phi) is 5.69. The Morgan fingerprint density at radius 2 is 1.83 bits per heavy atom. The maximum atomic E-state index is 12.7. The number of hydrogen-bond donors (Lipinski definition) is 0. The number of hydrogen-bond acceptors (Lipinski definition) is 5. The number of rotatable bonds is 4. The number of carbonyl (C=O) groups excluding carboxylic acids is 1. The van der Waals surface area contributed by atoms with Crippen molar-refractivity contribution in [2.45, 2.75) is 77.6 Å². The number of carbonyl (C=O) groups is 1. The molecule has 3 aliphatic rings. The highest BCUT2D eigenvalue weighted by atomic mass is 32.1. The van der Waals surface area contributed by atoms with E-state index in [9.17, 15) is 4.79 Å². The largest absolute Gasteiger partial charge is 0.352 e. The van der Waals surface area contributed by atoms with E-state index in [-0.39, 0.29) is 0 Å². The van der Waals surface area contributed by atoms with Crippen molar-refractivity contribution >= 4 is 33.3 Å². The number of nitrogens with zero attached hydrogens (tertiary/aromatic N) is 4. The minimum atomic E-state index is 0.298. The van der Waals surface area contributed by atoms with Crippen LogP contribution in [-0.4, -0.2) is 47.0 Å². The lowest BCUT2D eigenvalue weighted by Gasteiger charge is -2.39. The first-order valence-corrected chi connectivity index (χ1v) is 12.8. The molecule has 5 rings (SSSR count). The Balaban J connectivity index is 1.47. The average Bonchev–Trinajstić information content (AvgIpc) is 2.92. The van der Waals surface area contributed by atoms with Crippen LogP contribution in [0, 0.1) is 5.92 Å². The molecule has 1 saturated carbocycles. The Morgan fingerprint density at radius 3 is 2.53 bits per heavy atom. The van der Waals surface area contributed by atoms with Crippen LogP contribution in [0.1, 0.15) is 81.0 Å². The van der Waals surface area contributed by atoms with Crippen LogP contribution in [0.4, 0.5) is 5.82 Å². The van der Waals surface area contributed by atoms with Gasteiger partial charge in [0.1, 0.15) is 16.5 Å².